The second kappa shape index (κ2) is 7.04. The predicted octanol–water partition coefficient (Wildman–Crippen LogP) is 3.41. The standard InChI is InChI=1S/C13H16ClFO4S/c1-3-4-5-6-19-13(16)11-7-10(15)8-12(9(11)2)20(14,17)18/h7-8H,3-6H2,1-2H3. The van der Waals surface area contributed by atoms with Gasteiger partial charge >= 0.3 is 5.97 Å². The monoisotopic (exact) mass is 322 g/mol. The molecule has 0 fully saturated rings. The molecule has 20 heavy (non-hydrogen) atoms. The van der Waals surface area contributed by atoms with Gasteiger partial charge in [0.1, 0.15) is 5.82 Å². The number of carbonyl (C=O) groups excluding carboxylic acids is 1. The van der Waals surface area contributed by atoms with Gasteiger partial charge in [-0.15, -0.1) is 0 Å². The quantitative estimate of drug-likeness (QED) is 0.457. The molecule has 0 bridgehead atoms. The van der Waals surface area contributed by atoms with Crippen LogP contribution < -0.4 is 0 Å². The Morgan fingerprint density at radius 3 is 2.55 bits per heavy atom. The van der Waals surface area contributed by atoms with Crippen LogP contribution in [0.5, 0.6) is 0 Å². The summed E-state index contributed by atoms with van der Waals surface area (Å²) in [4.78, 5) is 11.4. The van der Waals surface area contributed by atoms with Crippen molar-refractivity contribution in [3.8, 4) is 0 Å². The highest BCUT2D eigenvalue weighted by atomic mass is 35.7. The van der Waals surface area contributed by atoms with E-state index in [9.17, 15) is 17.6 Å². The van der Waals surface area contributed by atoms with E-state index >= 15 is 0 Å². The number of unbranched alkanes of at least 4 members (excludes halogenated alkanes) is 2. The number of hydrogen-bond acceptors (Lipinski definition) is 4. The zero-order valence-electron chi connectivity index (χ0n) is 11.3. The minimum atomic E-state index is -4.12. The molecule has 0 heterocycles. The summed E-state index contributed by atoms with van der Waals surface area (Å²) in [5.41, 5.74) is -0.0392. The molecule has 0 aliphatic carbocycles. The van der Waals surface area contributed by atoms with Crippen molar-refractivity contribution in [1.82, 2.24) is 0 Å². The summed E-state index contributed by atoms with van der Waals surface area (Å²) < 4.78 is 41.1. The van der Waals surface area contributed by atoms with Crippen LogP contribution in [0, 0.1) is 12.7 Å². The molecule has 1 aromatic rings. The van der Waals surface area contributed by atoms with Gasteiger partial charge in [-0.1, -0.05) is 19.8 Å². The van der Waals surface area contributed by atoms with Crippen molar-refractivity contribution in [1.29, 1.82) is 0 Å². The molecule has 0 radical (unpaired) electrons. The minimum absolute atomic E-state index is 0.0851. The Morgan fingerprint density at radius 1 is 1.35 bits per heavy atom. The van der Waals surface area contributed by atoms with Crippen molar-refractivity contribution in [3.63, 3.8) is 0 Å². The van der Waals surface area contributed by atoms with E-state index in [-0.39, 0.29) is 17.7 Å². The molecule has 4 nitrogen and oxygen atoms in total. The lowest BCUT2D eigenvalue weighted by atomic mass is 10.1. The van der Waals surface area contributed by atoms with Crippen molar-refractivity contribution in [2.75, 3.05) is 6.61 Å². The first kappa shape index (κ1) is 16.9. The number of halogens is 2. The molecule has 0 aromatic heterocycles. The molecule has 112 valence electrons. The van der Waals surface area contributed by atoms with Crippen molar-refractivity contribution in [2.45, 2.75) is 38.0 Å². The number of hydrogen-bond donors (Lipinski definition) is 0. The van der Waals surface area contributed by atoms with E-state index in [4.69, 9.17) is 15.4 Å². The molecular formula is C13H16ClFO4S. The molecule has 0 spiro atoms. The normalized spacial score (nSPS) is 11.4. The van der Waals surface area contributed by atoms with Crippen LogP contribution >= 0.6 is 10.7 Å². The van der Waals surface area contributed by atoms with Gasteiger partial charge in [0, 0.05) is 10.7 Å². The van der Waals surface area contributed by atoms with Crippen LogP contribution in [0.4, 0.5) is 4.39 Å². The number of esters is 1. The summed E-state index contributed by atoms with van der Waals surface area (Å²) >= 11 is 0. The third-order valence-electron chi connectivity index (χ3n) is 2.79. The SMILES string of the molecule is CCCCCOC(=O)c1cc(F)cc(S(=O)(=O)Cl)c1C. The average molecular weight is 323 g/mol. The molecule has 0 aliphatic heterocycles. The highest BCUT2D eigenvalue weighted by molar-refractivity contribution is 8.13. The Balaban J connectivity index is 3.01. The van der Waals surface area contributed by atoms with Crippen LogP contribution in [-0.2, 0) is 13.8 Å². The number of carbonyl (C=O) groups is 1. The first-order valence-electron chi connectivity index (χ1n) is 6.19. The molecule has 0 amide bonds. The second-order valence-electron chi connectivity index (χ2n) is 4.36. The van der Waals surface area contributed by atoms with Crippen LogP contribution in [0.1, 0.15) is 42.1 Å². The van der Waals surface area contributed by atoms with Gasteiger partial charge in [0.25, 0.3) is 9.05 Å². The van der Waals surface area contributed by atoms with Crippen LogP contribution in [0.3, 0.4) is 0 Å². The maximum atomic E-state index is 13.4. The Labute approximate surface area is 122 Å². The third-order valence-corrected chi connectivity index (χ3v) is 4.24. The summed E-state index contributed by atoms with van der Waals surface area (Å²) in [7, 11) is 1.09. The highest BCUT2D eigenvalue weighted by Gasteiger charge is 2.21. The molecule has 1 rings (SSSR count). The van der Waals surface area contributed by atoms with Gasteiger partial charge in [-0.3, -0.25) is 0 Å². The molecule has 7 heteroatoms. The van der Waals surface area contributed by atoms with Crippen LogP contribution in [0.25, 0.3) is 0 Å². The lowest BCUT2D eigenvalue weighted by Crippen LogP contribution is -2.11. The van der Waals surface area contributed by atoms with Gasteiger partial charge in [0.2, 0.25) is 0 Å². The molecule has 1 aromatic carbocycles. The third kappa shape index (κ3) is 4.45. The van der Waals surface area contributed by atoms with Crippen molar-refractivity contribution in [2.24, 2.45) is 0 Å². The van der Waals surface area contributed by atoms with Gasteiger partial charge in [0.15, 0.2) is 0 Å². The van der Waals surface area contributed by atoms with Gasteiger partial charge in [-0.25, -0.2) is 17.6 Å². The smallest absolute Gasteiger partial charge is 0.338 e. The van der Waals surface area contributed by atoms with Gasteiger partial charge in [0.05, 0.1) is 17.1 Å². The van der Waals surface area contributed by atoms with E-state index in [1.54, 1.807) is 0 Å². The molecule has 0 saturated heterocycles. The largest absolute Gasteiger partial charge is 0.462 e. The van der Waals surface area contributed by atoms with Crippen LogP contribution in [-0.4, -0.2) is 21.0 Å². The van der Waals surface area contributed by atoms with Gasteiger partial charge in [-0.2, -0.15) is 0 Å². The van der Waals surface area contributed by atoms with E-state index in [1.165, 1.54) is 6.92 Å². The van der Waals surface area contributed by atoms with Crippen LogP contribution in [0.2, 0.25) is 0 Å². The van der Waals surface area contributed by atoms with E-state index in [0.717, 1.165) is 25.0 Å². The number of ether oxygens (including phenoxy) is 1. The average Bonchev–Trinajstić information content (AvgIpc) is 2.35. The molecule has 0 saturated carbocycles. The lowest BCUT2D eigenvalue weighted by Gasteiger charge is -2.10. The van der Waals surface area contributed by atoms with Crippen molar-refractivity contribution < 1.29 is 22.3 Å². The molecule has 0 unspecified atom stereocenters. The van der Waals surface area contributed by atoms with E-state index in [2.05, 4.69) is 0 Å². The van der Waals surface area contributed by atoms with Crippen molar-refractivity contribution in [3.05, 3.63) is 29.1 Å². The Bertz CT molecular complexity index is 599. The maximum Gasteiger partial charge on any atom is 0.338 e. The topological polar surface area (TPSA) is 60.4 Å². The first-order chi connectivity index (χ1) is 9.27. The van der Waals surface area contributed by atoms with E-state index < -0.39 is 25.7 Å². The zero-order valence-corrected chi connectivity index (χ0v) is 12.9. The second-order valence-corrected chi connectivity index (χ2v) is 6.89. The summed E-state index contributed by atoms with van der Waals surface area (Å²) in [6.45, 7) is 3.61. The Kier molecular flexibility index (Phi) is 5.95. The Morgan fingerprint density at radius 2 is 2.00 bits per heavy atom. The van der Waals surface area contributed by atoms with Gasteiger partial charge < -0.3 is 4.74 Å². The lowest BCUT2D eigenvalue weighted by molar-refractivity contribution is 0.0496. The molecule has 0 N–H and O–H groups in total. The van der Waals surface area contributed by atoms with Crippen LogP contribution in [0.15, 0.2) is 17.0 Å². The molecule has 0 atom stereocenters. The fourth-order valence-corrected chi connectivity index (χ4v) is 2.92. The van der Waals surface area contributed by atoms with Crippen molar-refractivity contribution >= 4 is 25.7 Å². The fraction of sp³-hybridized carbons (Fsp3) is 0.462. The van der Waals surface area contributed by atoms with E-state index in [1.807, 2.05) is 6.92 Å². The highest BCUT2D eigenvalue weighted by Crippen LogP contribution is 2.24. The molecular weight excluding hydrogens is 307 g/mol. The maximum absolute atomic E-state index is 13.4. The number of rotatable bonds is 6. The van der Waals surface area contributed by atoms with Gasteiger partial charge in [-0.05, 0) is 31.0 Å². The summed E-state index contributed by atoms with van der Waals surface area (Å²) in [6, 6.07) is 1.73. The number of benzene rings is 1. The first-order valence-corrected chi connectivity index (χ1v) is 8.50. The summed E-state index contributed by atoms with van der Waals surface area (Å²) in [5, 5.41) is 0. The molecule has 0 aliphatic rings. The fourth-order valence-electron chi connectivity index (χ4n) is 1.71. The van der Waals surface area contributed by atoms with E-state index in [0.29, 0.717) is 6.42 Å². The minimum Gasteiger partial charge on any atom is -0.462 e. The summed E-state index contributed by atoms with van der Waals surface area (Å²) in [5.74, 6) is -1.60. The Hall–Kier alpha value is -1.14. The predicted molar refractivity (Wildman–Crippen MR) is 74.0 cm³/mol. The summed E-state index contributed by atoms with van der Waals surface area (Å²) in [6.07, 6.45) is 2.60. The zero-order chi connectivity index (χ0) is 15.3.